The van der Waals surface area contributed by atoms with Crippen molar-refractivity contribution < 1.29 is 19.1 Å². The smallest absolute Gasteiger partial charge is 0.407 e. The van der Waals surface area contributed by atoms with Gasteiger partial charge in [0.2, 0.25) is 0 Å². The fourth-order valence-electron chi connectivity index (χ4n) is 1.69. The summed E-state index contributed by atoms with van der Waals surface area (Å²) < 4.78 is 5.09. The third-order valence-corrected chi connectivity index (χ3v) is 3.62. The van der Waals surface area contributed by atoms with Crippen LogP contribution >= 0.6 is 11.8 Å². The van der Waals surface area contributed by atoms with Crippen molar-refractivity contribution in [3.05, 3.63) is 35.4 Å². The number of carbonyl (C=O) groups excluding carboxylic acids is 3. The number of thioether (sulfide) groups is 1. The van der Waals surface area contributed by atoms with E-state index in [1.54, 1.807) is 32.9 Å². The maximum atomic E-state index is 12.0. The van der Waals surface area contributed by atoms with E-state index in [4.69, 9.17) is 4.74 Å². The molecular weight excluding hydrogens is 328 g/mol. The second kappa shape index (κ2) is 9.32. The van der Waals surface area contributed by atoms with E-state index in [9.17, 15) is 14.4 Å². The number of carbonyl (C=O) groups is 3. The molecule has 0 spiro atoms. The fraction of sp³-hybridized carbons (Fsp3) is 0.471. The summed E-state index contributed by atoms with van der Waals surface area (Å²) in [4.78, 5) is 34.4. The summed E-state index contributed by atoms with van der Waals surface area (Å²) in [5.74, 6) is 0.378. The van der Waals surface area contributed by atoms with Crippen molar-refractivity contribution in [1.82, 2.24) is 10.6 Å². The van der Waals surface area contributed by atoms with Crippen LogP contribution in [0.4, 0.5) is 4.79 Å². The molecule has 0 aliphatic carbocycles. The summed E-state index contributed by atoms with van der Waals surface area (Å²) in [7, 11) is 0. The molecule has 0 atom stereocenters. The van der Waals surface area contributed by atoms with Crippen LogP contribution in [0.1, 0.15) is 43.6 Å². The zero-order chi connectivity index (χ0) is 18.2. The third-order valence-electron chi connectivity index (χ3n) is 2.74. The van der Waals surface area contributed by atoms with Crippen LogP contribution in [-0.2, 0) is 15.3 Å². The first-order valence-corrected chi connectivity index (χ1v) is 8.63. The number of amides is 2. The Morgan fingerprint density at radius 1 is 1.04 bits per heavy atom. The predicted octanol–water partition coefficient (Wildman–Crippen LogP) is 2.72. The summed E-state index contributed by atoms with van der Waals surface area (Å²) in [5.41, 5.74) is 0.970. The van der Waals surface area contributed by atoms with Crippen molar-refractivity contribution in [2.75, 3.05) is 13.1 Å². The lowest BCUT2D eigenvalue weighted by Crippen LogP contribution is -2.37. The van der Waals surface area contributed by atoms with Gasteiger partial charge in [-0.25, -0.2) is 4.79 Å². The summed E-state index contributed by atoms with van der Waals surface area (Å²) in [5, 5.41) is 5.35. The van der Waals surface area contributed by atoms with Gasteiger partial charge in [-0.15, -0.1) is 0 Å². The fourth-order valence-corrected chi connectivity index (χ4v) is 2.26. The van der Waals surface area contributed by atoms with Crippen LogP contribution in [0.15, 0.2) is 24.3 Å². The first-order chi connectivity index (χ1) is 11.2. The van der Waals surface area contributed by atoms with Crippen molar-refractivity contribution in [2.45, 2.75) is 39.0 Å². The molecule has 24 heavy (non-hydrogen) atoms. The van der Waals surface area contributed by atoms with E-state index in [1.807, 2.05) is 12.1 Å². The maximum absolute atomic E-state index is 12.0. The molecule has 1 rings (SSSR count). The normalized spacial score (nSPS) is 10.8. The topological polar surface area (TPSA) is 84.5 Å². The minimum atomic E-state index is -0.546. The van der Waals surface area contributed by atoms with E-state index >= 15 is 0 Å². The van der Waals surface area contributed by atoms with Crippen LogP contribution in [0, 0.1) is 0 Å². The zero-order valence-electron chi connectivity index (χ0n) is 14.5. The maximum Gasteiger partial charge on any atom is 0.407 e. The van der Waals surface area contributed by atoms with E-state index in [-0.39, 0.29) is 17.6 Å². The van der Waals surface area contributed by atoms with E-state index in [0.717, 1.165) is 5.56 Å². The molecule has 0 aliphatic heterocycles. The molecule has 0 heterocycles. The highest BCUT2D eigenvalue weighted by Crippen LogP contribution is 2.13. The van der Waals surface area contributed by atoms with Gasteiger partial charge in [0.05, 0.1) is 0 Å². The second-order valence-electron chi connectivity index (χ2n) is 6.16. The Hall–Kier alpha value is -2.02. The third kappa shape index (κ3) is 8.57. The van der Waals surface area contributed by atoms with Gasteiger partial charge in [0, 0.05) is 31.3 Å². The molecule has 7 heteroatoms. The minimum Gasteiger partial charge on any atom is -0.444 e. The summed E-state index contributed by atoms with van der Waals surface area (Å²) in [6.45, 7) is 7.47. The molecule has 0 saturated heterocycles. The Kier molecular flexibility index (Phi) is 7.78. The summed E-state index contributed by atoms with van der Waals surface area (Å²) in [6, 6.07) is 7.08. The van der Waals surface area contributed by atoms with Gasteiger partial charge in [-0.3, -0.25) is 9.59 Å². The molecule has 0 fully saturated rings. The lowest BCUT2D eigenvalue weighted by atomic mass is 10.1. The van der Waals surface area contributed by atoms with Gasteiger partial charge in [-0.2, -0.15) is 0 Å². The Morgan fingerprint density at radius 3 is 2.17 bits per heavy atom. The lowest BCUT2D eigenvalue weighted by molar-refractivity contribution is -0.109. The Bertz CT molecular complexity index is 579. The number of benzene rings is 1. The largest absolute Gasteiger partial charge is 0.444 e. The molecule has 0 radical (unpaired) electrons. The summed E-state index contributed by atoms with van der Waals surface area (Å²) >= 11 is 1.23. The first kappa shape index (κ1) is 20.0. The lowest BCUT2D eigenvalue weighted by Gasteiger charge is -2.19. The Morgan fingerprint density at radius 2 is 1.62 bits per heavy atom. The van der Waals surface area contributed by atoms with Gasteiger partial charge in [0.1, 0.15) is 5.60 Å². The Balaban J connectivity index is 2.32. The van der Waals surface area contributed by atoms with Crippen molar-refractivity contribution in [3.63, 3.8) is 0 Å². The number of rotatable bonds is 6. The average molecular weight is 352 g/mol. The molecular formula is C17H24N2O4S. The van der Waals surface area contributed by atoms with Gasteiger partial charge >= 0.3 is 6.09 Å². The van der Waals surface area contributed by atoms with E-state index in [2.05, 4.69) is 10.6 Å². The minimum absolute atomic E-state index is 0.0642. The number of ether oxygens (including phenoxy) is 1. The number of alkyl carbamates (subject to hydrolysis) is 1. The van der Waals surface area contributed by atoms with Gasteiger partial charge in [0.15, 0.2) is 5.12 Å². The molecule has 0 saturated carbocycles. The van der Waals surface area contributed by atoms with Crippen LogP contribution in [0.25, 0.3) is 0 Å². The van der Waals surface area contributed by atoms with E-state index in [1.165, 1.54) is 18.7 Å². The molecule has 2 N–H and O–H groups in total. The molecule has 0 unspecified atom stereocenters. The summed E-state index contributed by atoms with van der Waals surface area (Å²) in [6.07, 6.45) is -0.510. The van der Waals surface area contributed by atoms with Crippen LogP contribution in [0.3, 0.4) is 0 Å². The van der Waals surface area contributed by atoms with Crippen LogP contribution in [0.5, 0.6) is 0 Å². The second-order valence-corrected chi connectivity index (χ2v) is 7.31. The van der Waals surface area contributed by atoms with Gasteiger partial charge in [-0.05, 0) is 38.5 Å². The standard InChI is InChI=1S/C17H24N2O4S/c1-12(20)24-11-13-5-7-14(8-6-13)15(21)18-9-10-19-16(22)23-17(2,3)4/h5-8H,9-11H2,1-4H3,(H,18,21)(H,19,22). The quantitative estimate of drug-likeness (QED) is 0.769. The van der Waals surface area contributed by atoms with E-state index < -0.39 is 11.7 Å². The molecule has 0 aliphatic rings. The molecule has 0 aromatic heterocycles. The van der Waals surface area contributed by atoms with Crippen molar-refractivity contribution >= 4 is 28.9 Å². The highest BCUT2D eigenvalue weighted by Gasteiger charge is 2.15. The van der Waals surface area contributed by atoms with Crippen molar-refractivity contribution in [2.24, 2.45) is 0 Å². The number of nitrogens with one attached hydrogen (secondary N) is 2. The first-order valence-electron chi connectivity index (χ1n) is 7.65. The van der Waals surface area contributed by atoms with Crippen LogP contribution < -0.4 is 10.6 Å². The van der Waals surface area contributed by atoms with Gasteiger partial charge in [-0.1, -0.05) is 23.9 Å². The molecule has 1 aromatic carbocycles. The molecule has 1 aromatic rings. The highest BCUT2D eigenvalue weighted by atomic mass is 32.2. The zero-order valence-corrected chi connectivity index (χ0v) is 15.3. The van der Waals surface area contributed by atoms with Crippen molar-refractivity contribution in [1.29, 1.82) is 0 Å². The molecule has 2 amide bonds. The highest BCUT2D eigenvalue weighted by molar-refractivity contribution is 8.12. The Labute approximate surface area is 146 Å². The van der Waals surface area contributed by atoms with Crippen LogP contribution in [0.2, 0.25) is 0 Å². The molecule has 132 valence electrons. The molecule has 0 bridgehead atoms. The van der Waals surface area contributed by atoms with Crippen molar-refractivity contribution in [3.8, 4) is 0 Å². The van der Waals surface area contributed by atoms with E-state index in [0.29, 0.717) is 17.9 Å². The van der Waals surface area contributed by atoms with Gasteiger partial charge < -0.3 is 15.4 Å². The van der Waals surface area contributed by atoms with Crippen LogP contribution in [-0.4, -0.2) is 35.8 Å². The SMILES string of the molecule is CC(=O)SCc1ccc(C(=O)NCCNC(=O)OC(C)(C)C)cc1. The monoisotopic (exact) mass is 352 g/mol. The average Bonchev–Trinajstić information content (AvgIpc) is 2.48. The van der Waals surface area contributed by atoms with Gasteiger partial charge in [0.25, 0.3) is 5.91 Å². The molecule has 6 nitrogen and oxygen atoms in total. The predicted molar refractivity (Wildman–Crippen MR) is 95.0 cm³/mol. The number of hydrogen-bond acceptors (Lipinski definition) is 5. The number of hydrogen-bond donors (Lipinski definition) is 2.